The number of hydrogen-bond acceptors (Lipinski definition) is 3. The Labute approximate surface area is 126 Å². The van der Waals surface area contributed by atoms with E-state index in [1.807, 2.05) is 29.2 Å². The van der Waals surface area contributed by atoms with Crippen LogP contribution in [0.4, 0.5) is 0 Å². The van der Waals surface area contributed by atoms with E-state index in [1.54, 1.807) is 0 Å². The van der Waals surface area contributed by atoms with Crippen molar-refractivity contribution < 1.29 is 0 Å². The molecule has 2 heterocycles. The third-order valence-corrected chi connectivity index (χ3v) is 4.23. The highest BCUT2D eigenvalue weighted by Gasteiger charge is 2.22. The Balaban J connectivity index is 1.74. The van der Waals surface area contributed by atoms with Gasteiger partial charge < -0.3 is 5.32 Å². The van der Waals surface area contributed by atoms with Crippen LogP contribution in [0, 0.1) is 19.8 Å². The monoisotopic (exact) mass is 284 g/mol. The predicted molar refractivity (Wildman–Crippen MR) is 84.7 cm³/mol. The molecule has 1 saturated carbocycles. The Bertz CT molecular complexity index is 599. The highest BCUT2D eigenvalue weighted by atomic mass is 15.3. The van der Waals surface area contributed by atoms with Gasteiger partial charge >= 0.3 is 0 Å². The van der Waals surface area contributed by atoms with Crippen LogP contribution in [0.2, 0.25) is 0 Å². The van der Waals surface area contributed by atoms with Crippen molar-refractivity contribution >= 4 is 0 Å². The SMILES string of the molecule is Cc1nn(-c2ccncc2)c(C)c1CC(C)CNC1CC1. The maximum absolute atomic E-state index is 4.71. The molecule has 21 heavy (non-hydrogen) atoms. The van der Waals surface area contributed by atoms with Crippen LogP contribution in [0.15, 0.2) is 24.5 Å². The van der Waals surface area contributed by atoms with Gasteiger partial charge in [0.05, 0.1) is 11.4 Å². The normalized spacial score (nSPS) is 16.1. The lowest BCUT2D eigenvalue weighted by Gasteiger charge is -2.13. The van der Waals surface area contributed by atoms with Gasteiger partial charge in [-0.2, -0.15) is 5.10 Å². The van der Waals surface area contributed by atoms with Crippen molar-refractivity contribution in [2.24, 2.45) is 5.92 Å². The highest BCUT2D eigenvalue weighted by Crippen LogP contribution is 2.22. The lowest BCUT2D eigenvalue weighted by molar-refractivity contribution is 0.507. The fraction of sp³-hybridized carbons (Fsp3) is 0.529. The first kappa shape index (κ1) is 14.3. The molecule has 4 nitrogen and oxygen atoms in total. The predicted octanol–water partition coefficient (Wildman–Crippen LogP) is 2.81. The third kappa shape index (κ3) is 3.32. The van der Waals surface area contributed by atoms with E-state index in [0.717, 1.165) is 30.4 Å². The molecule has 0 bridgehead atoms. The lowest BCUT2D eigenvalue weighted by Crippen LogP contribution is -2.24. The minimum absolute atomic E-state index is 0.637. The summed E-state index contributed by atoms with van der Waals surface area (Å²) in [6, 6.07) is 4.79. The molecule has 2 aromatic heterocycles. The smallest absolute Gasteiger partial charge is 0.0679 e. The van der Waals surface area contributed by atoms with Crippen LogP contribution in [0.25, 0.3) is 5.69 Å². The second-order valence-corrected chi connectivity index (χ2v) is 6.26. The molecule has 0 aromatic carbocycles. The maximum Gasteiger partial charge on any atom is 0.0679 e. The lowest BCUT2D eigenvalue weighted by atomic mass is 9.99. The molecule has 1 aliphatic carbocycles. The Morgan fingerprint density at radius 2 is 2.00 bits per heavy atom. The van der Waals surface area contributed by atoms with E-state index < -0.39 is 0 Å². The number of nitrogens with one attached hydrogen (secondary N) is 1. The van der Waals surface area contributed by atoms with E-state index in [4.69, 9.17) is 5.10 Å². The molecule has 0 aliphatic heterocycles. The van der Waals surface area contributed by atoms with Gasteiger partial charge in [0.15, 0.2) is 0 Å². The molecule has 3 rings (SSSR count). The van der Waals surface area contributed by atoms with Crippen LogP contribution in [0.3, 0.4) is 0 Å². The van der Waals surface area contributed by atoms with Crippen molar-refractivity contribution in [2.75, 3.05) is 6.54 Å². The minimum Gasteiger partial charge on any atom is -0.314 e. The first-order valence-electron chi connectivity index (χ1n) is 7.84. The number of nitrogens with zero attached hydrogens (tertiary/aromatic N) is 3. The molecule has 0 saturated heterocycles. The Kier molecular flexibility index (Phi) is 4.06. The van der Waals surface area contributed by atoms with Crippen molar-refractivity contribution in [3.05, 3.63) is 41.5 Å². The van der Waals surface area contributed by atoms with E-state index in [-0.39, 0.29) is 0 Å². The van der Waals surface area contributed by atoms with Gasteiger partial charge in [0.25, 0.3) is 0 Å². The summed E-state index contributed by atoms with van der Waals surface area (Å²) < 4.78 is 2.04. The summed E-state index contributed by atoms with van der Waals surface area (Å²) in [5, 5.41) is 8.33. The first-order chi connectivity index (χ1) is 10.1. The summed E-state index contributed by atoms with van der Waals surface area (Å²) in [5.41, 5.74) is 4.86. The van der Waals surface area contributed by atoms with Gasteiger partial charge in [0.2, 0.25) is 0 Å². The summed E-state index contributed by atoms with van der Waals surface area (Å²) in [4.78, 5) is 4.08. The van der Waals surface area contributed by atoms with E-state index >= 15 is 0 Å². The van der Waals surface area contributed by atoms with Crippen molar-refractivity contribution in [1.82, 2.24) is 20.1 Å². The number of rotatable bonds is 6. The average Bonchev–Trinajstić information content (AvgIpc) is 3.28. The zero-order valence-electron chi connectivity index (χ0n) is 13.1. The average molecular weight is 284 g/mol. The van der Waals surface area contributed by atoms with Crippen molar-refractivity contribution in [2.45, 2.75) is 46.1 Å². The summed E-state index contributed by atoms with van der Waals surface area (Å²) in [5.74, 6) is 0.637. The number of aromatic nitrogens is 3. The Hall–Kier alpha value is -1.68. The molecule has 1 fully saturated rings. The van der Waals surface area contributed by atoms with Gasteiger partial charge in [-0.1, -0.05) is 6.92 Å². The molecule has 0 spiro atoms. The van der Waals surface area contributed by atoms with Crippen LogP contribution < -0.4 is 5.32 Å². The largest absolute Gasteiger partial charge is 0.314 e. The zero-order chi connectivity index (χ0) is 14.8. The number of hydrogen-bond donors (Lipinski definition) is 1. The highest BCUT2D eigenvalue weighted by molar-refractivity contribution is 5.35. The zero-order valence-corrected chi connectivity index (χ0v) is 13.1. The van der Waals surface area contributed by atoms with Crippen LogP contribution in [0.1, 0.15) is 36.7 Å². The third-order valence-electron chi connectivity index (χ3n) is 4.23. The van der Waals surface area contributed by atoms with Gasteiger partial charge in [-0.05, 0) is 63.3 Å². The molecule has 4 heteroatoms. The van der Waals surface area contributed by atoms with E-state index in [0.29, 0.717) is 5.92 Å². The van der Waals surface area contributed by atoms with E-state index in [1.165, 1.54) is 24.1 Å². The molecule has 0 amide bonds. The molecular formula is C17H24N4. The minimum atomic E-state index is 0.637. The van der Waals surface area contributed by atoms with Crippen molar-refractivity contribution in [3.63, 3.8) is 0 Å². The Morgan fingerprint density at radius 3 is 2.67 bits per heavy atom. The maximum atomic E-state index is 4.71. The number of aryl methyl sites for hydroxylation is 1. The van der Waals surface area contributed by atoms with Gasteiger partial charge in [0.1, 0.15) is 0 Å². The first-order valence-corrected chi connectivity index (χ1v) is 7.84. The quantitative estimate of drug-likeness (QED) is 0.887. The van der Waals surface area contributed by atoms with Gasteiger partial charge in [-0.15, -0.1) is 0 Å². The van der Waals surface area contributed by atoms with Gasteiger partial charge in [0, 0.05) is 24.1 Å². The molecule has 1 unspecified atom stereocenters. The second kappa shape index (κ2) is 5.98. The van der Waals surface area contributed by atoms with Crippen molar-refractivity contribution in [3.8, 4) is 5.69 Å². The van der Waals surface area contributed by atoms with E-state index in [2.05, 4.69) is 31.1 Å². The molecule has 1 aliphatic rings. The van der Waals surface area contributed by atoms with Gasteiger partial charge in [-0.25, -0.2) is 4.68 Å². The second-order valence-electron chi connectivity index (χ2n) is 6.26. The van der Waals surface area contributed by atoms with Crippen LogP contribution in [-0.4, -0.2) is 27.4 Å². The van der Waals surface area contributed by atoms with Crippen LogP contribution >= 0.6 is 0 Å². The summed E-state index contributed by atoms with van der Waals surface area (Å²) in [6.45, 7) is 7.69. The molecule has 112 valence electrons. The summed E-state index contributed by atoms with van der Waals surface area (Å²) in [6.07, 6.45) is 7.42. The fourth-order valence-electron chi connectivity index (χ4n) is 2.78. The molecule has 1 atom stereocenters. The van der Waals surface area contributed by atoms with Gasteiger partial charge in [-0.3, -0.25) is 4.98 Å². The van der Waals surface area contributed by atoms with Crippen molar-refractivity contribution in [1.29, 1.82) is 0 Å². The summed E-state index contributed by atoms with van der Waals surface area (Å²) >= 11 is 0. The fourth-order valence-corrected chi connectivity index (χ4v) is 2.78. The summed E-state index contributed by atoms with van der Waals surface area (Å²) in [7, 11) is 0. The Morgan fingerprint density at radius 1 is 1.29 bits per heavy atom. The topological polar surface area (TPSA) is 42.7 Å². The van der Waals surface area contributed by atoms with Crippen LogP contribution in [0.5, 0.6) is 0 Å². The standard InChI is InChI=1S/C17H24N4/c1-12(11-19-15-4-5-15)10-17-13(2)20-21(14(17)3)16-6-8-18-9-7-16/h6-9,12,15,19H,4-5,10-11H2,1-3H3. The van der Waals surface area contributed by atoms with Crippen LogP contribution in [-0.2, 0) is 6.42 Å². The molecule has 2 aromatic rings. The molecule has 0 radical (unpaired) electrons. The molecule has 1 N–H and O–H groups in total. The molecular weight excluding hydrogens is 260 g/mol. The van der Waals surface area contributed by atoms with E-state index in [9.17, 15) is 0 Å². The number of pyridine rings is 1.